The molecule has 8 heteroatoms. The van der Waals surface area contributed by atoms with E-state index in [0.29, 0.717) is 12.8 Å². The first kappa shape index (κ1) is 20.2. The normalized spacial score (nSPS) is 15.4. The molecule has 0 saturated carbocycles. The third-order valence-electron chi connectivity index (χ3n) is 3.06. The summed E-state index contributed by atoms with van der Waals surface area (Å²) in [5.41, 5.74) is 0. The van der Waals surface area contributed by atoms with Crippen molar-refractivity contribution in [2.45, 2.75) is 68.6 Å². The van der Waals surface area contributed by atoms with Gasteiger partial charge in [-0.3, -0.25) is 0 Å². The Morgan fingerprint density at radius 2 is 1.25 bits per heavy atom. The van der Waals surface area contributed by atoms with Gasteiger partial charge in [-0.15, -0.1) is 0 Å². The van der Waals surface area contributed by atoms with Gasteiger partial charge in [0, 0.05) is 0 Å². The largest absolute Gasteiger partial charge is 0.422 e. The fourth-order valence-corrected chi connectivity index (χ4v) is 2.34. The number of unbranched alkanes of at least 4 members (excludes halogenated alkanes) is 5. The van der Waals surface area contributed by atoms with E-state index in [0.717, 1.165) is 19.3 Å². The maximum atomic E-state index is 12.7. The smallest absolute Gasteiger partial charge is 0.171 e. The van der Waals surface area contributed by atoms with Crippen LogP contribution in [0.2, 0.25) is 0 Å². The maximum Gasteiger partial charge on any atom is 0.422 e. The highest BCUT2D eigenvalue weighted by Crippen LogP contribution is 2.52. The molecule has 0 spiro atoms. The summed E-state index contributed by atoms with van der Waals surface area (Å²) < 4.78 is 71.9. The highest BCUT2D eigenvalue weighted by Gasteiger charge is 2.64. The van der Waals surface area contributed by atoms with Gasteiger partial charge in [-0.05, 0) is 6.42 Å². The standard InChI is InChI=1S/C12H18Cl2F6/c1-2-3-4-5-6-7-8-9(11(15,16)17)10(13,14)12(18,19)20/h9H,2-8H2,1H3. The number of hydrogen-bond acceptors (Lipinski definition) is 0. The van der Waals surface area contributed by atoms with Gasteiger partial charge in [0.15, 0.2) is 0 Å². The summed E-state index contributed by atoms with van der Waals surface area (Å²) in [4.78, 5) is 0. The zero-order chi connectivity index (χ0) is 16.0. The lowest BCUT2D eigenvalue weighted by atomic mass is 9.95. The Hall–Kier alpha value is 0.160. The molecule has 20 heavy (non-hydrogen) atoms. The molecule has 0 rings (SSSR count). The lowest BCUT2D eigenvalue weighted by molar-refractivity contribution is -0.226. The van der Waals surface area contributed by atoms with Gasteiger partial charge in [-0.2, -0.15) is 26.3 Å². The molecule has 0 aliphatic carbocycles. The molecule has 1 unspecified atom stereocenters. The molecule has 0 saturated heterocycles. The molecule has 0 bridgehead atoms. The fourth-order valence-electron chi connectivity index (χ4n) is 1.88. The predicted molar refractivity (Wildman–Crippen MR) is 68.0 cm³/mol. The van der Waals surface area contributed by atoms with Crippen LogP contribution in [0.25, 0.3) is 0 Å². The Balaban J connectivity index is 4.54. The van der Waals surface area contributed by atoms with Gasteiger partial charge < -0.3 is 0 Å². The summed E-state index contributed by atoms with van der Waals surface area (Å²) in [7, 11) is 0. The van der Waals surface area contributed by atoms with E-state index in [9.17, 15) is 26.3 Å². The van der Waals surface area contributed by atoms with Crippen LogP contribution in [0.15, 0.2) is 0 Å². The highest BCUT2D eigenvalue weighted by molar-refractivity contribution is 6.49. The second-order valence-corrected chi connectivity index (χ2v) is 6.16. The molecule has 0 aliphatic heterocycles. The summed E-state index contributed by atoms with van der Waals surface area (Å²) in [5.74, 6) is -2.80. The van der Waals surface area contributed by atoms with Crippen LogP contribution in [0.1, 0.15) is 51.9 Å². The van der Waals surface area contributed by atoms with Gasteiger partial charge in [-0.1, -0.05) is 68.7 Å². The summed E-state index contributed by atoms with van der Waals surface area (Å²) in [5, 5.41) is 0. The molecule has 0 heterocycles. The van der Waals surface area contributed by atoms with E-state index in [1.807, 2.05) is 6.92 Å². The monoisotopic (exact) mass is 346 g/mol. The van der Waals surface area contributed by atoms with Crippen LogP contribution in [0.4, 0.5) is 26.3 Å². The minimum atomic E-state index is -5.32. The minimum Gasteiger partial charge on any atom is -0.171 e. The molecule has 0 aromatic rings. The minimum absolute atomic E-state index is 0.0190. The molecule has 122 valence electrons. The highest BCUT2D eigenvalue weighted by atomic mass is 35.5. The molecule has 1 atom stereocenters. The van der Waals surface area contributed by atoms with Crippen LogP contribution < -0.4 is 0 Å². The van der Waals surface area contributed by atoms with E-state index in [4.69, 9.17) is 23.2 Å². The van der Waals surface area contributed by atoms with Crippen LogP contribution in [0.5, 0.6) is 0 Å². The Morgan fingerprint density at radius 1 is 0.800 bits per heavy atom. The average molecular weight is 347 g/mol. The van der Waals surface area contributed by atoms with Crippen LogP contribution in [-0.4, -0.2) is 16.7 Å². The second-order valence-electron chi connectivity index (χ2n) is 4.77. The van der Waals surface area contributed by atoms with E-state index >= 15 is 0 Å². The fraction of sp³-hybridized carbons (Fsp3) is 1.00. The Labute approximate surface area is 124 Å². The van der Waals surface area contributed by atoms with E-state index in [1.54, 1.807) is 0 Å². The zero-order valence-electron chi connectivity index (χ0n) is 11.1. The van der Waals surface area contributed by atoms with Crippen molar-refractivity contribution in [1.82, 2.24) is 0 Å². The second kappa shape index (κ2) is 7.97. The molecular formula is C12H18Cl2F6. The number of hydrogen-bond donors (Lipinski definition) is 0. The number of alkyl halides is 8. The van der Waals surface area contributed by atoms with Gasteiger partial charge >= 0.3 is 12.4 Å². The van der Waals surface area contributed by atoms with Crippen molar-refractivity contribution in [3.63, 3.8) is 0 Å². The van der Waals surface area contributed by atoms with Crippen molar-refractivity contribution < 1.29 is 26.3 Å². The molecule has 0 radical (unpaired) electrons. The number of rotatable bonds is 8. The quantitative estimate of drug-likeness (QED) is 0.262. The van der Waals surface area contributed by atoms with Gasteiger partial charge in [0.2, 0.25) is 4.33 Å². The van der Waals surface area contributed by atoms with Crippen molar-refractivity contribution in [3.8, 4) is 0 Å². The molecule has 0 fully saturated rings. The van der Waals surface area contributed by atoms with Gasteiger partial charge in [0.1, 0.15) is 0 Å². The molecule has 0 N–H and O–H groups in total. The first-order chi connectivity index (χ1) is 8.94. The van der Waals surface area contributed by atoms with Crippen molar-refractivity contribution in [2.24, 2.45) is 5.92 Å². The molecule has 0 nitrogen and oxygen atoms in total. The first-order valence-electron chi connectivity index (χ1n) is 6.45. The Bertz CT molecular complexity index is 272. The summed E-state index contributed by atoms with van der Waals surface area (Å²) >= 11 is 9.89. The summed E-state index contributed by atoms with van der Waals surface area (Å²) in [6, 6.07) is 0. The van der Waals surface area contributed by atoms with Crippen molar-refractivity contribution in [1.29, 1.82) is 0 Å². The lowest BCUT2D eigenvalue weighted by Crippen LogP contribution is -2.48. The molecule has 0 aliphatic rings. The summed E-state index contributed by atoms with van der Waals surface area (Å²) in [6.45, 7) is 1.98. The van der Waals surface area contributed by atoms with Crippen molar-refractivity contribution in [3.05, 3.63) is 0 Å². The Kier molecular flexibility index (Phi) is 8.03. The van der Waals surface area contributed by atoms with Crippen LogP contribution in [-0.2, 0) is 0 Å². The van der Waals surface area contributed by atoms with Gasteiger partial charge in [0.05, 0.1) is 5.92 Å². The molecule has 0 aromatic carbocycles. The van der Waals surface area contributed by atoms with Gasteiger partial charge in [0.25, 0.3) is 0 Å². The SMILES string of the molecule is CCCCCCCCC(C(F)(F)F)C(Cl)(Cl)C(F)(F)F. The Morgan fingerprint density at radius 3 is 1.65 bits per heavy atom. The van der Waals surface area contributed by atoms with E-state index in [-0.39, 0.29) is 6.42 Å². The van der Waals surface area contributed by atoms with Crippen LogP contribution in [0.3, 0.4) is 0 Å². The third-order valence-corrected chi connectivity index (χ3v) is 4.01. The topological polar surface area (TPSA) is 0 Å². The van der Waals surface area contributed by atoms with Gasteiger partial charge in [-0.25, -0.2) is 0 Å². The predicted octanol–water partition coefficient (Wildman–Crippen LogP) is 6.65. The summed E-state index contributed by atoms with van der Waals surface area (Å²) in [6.07, 6.45) is -7.17. The van der Waals surface area contributed by atoms with E-state index in [2.05, 4.69) is 0 Å². The van der Waals surface area contributed by atoms with E-state index in [1.165, 1.54) is 0 Å². The zero-order valence-corrected chi connectivity index (χ0v) is 12.6. The molecular weight excluding hydrogens is 329 g/mol. The molecule has 0 aromatic heterocycles. The van der Waals surface area contributed by atoms with E-state index < -0.39 is 29.0 Å². The average Bonchev–Trinajstić information content (AvgIpc) is 2.24. The first-order valence-corrected chi connectivity index (χ1v) is 7.21. The number of halogens is 8. The van der Waals surface area contributed by atoms with Crippen molar-refractivity contribution >= 4 is 23.2 Å². The lowest BCUT2D eigenvalue weighted by Gasteiger charge is -2.33. The third kappa shape index (κ3) is 6.29. The maximum absolute atomic E-state index is 12.7. The van der Waals surface area contributed by atoms with Crippen LogP contribution >= 0.6 is 23.2 Å². The van der Waals surface area contributed by atoms with Crippen LogP contribution in [0, 0.1) is 5.92 Å². The van der Waals surface area contributed by atoms with Crippen molar-refractivity contribution in [2.75, 3.05) is 0 Å². The molecule has 0 amide bonds.